The Bertz CT molecular complexity index is 756. The van der Waals surface area contributed by atoms with Gasteiger partial charge in [0.05, 0.1) is 5.75 Å². The normalized spacial score (nSPS) is 14.5. The number of nitrogens with zero attached hydrogens (tertiary/aromatic N) is 4. The molecule has 0 atom stereocenters. The van der Waals surface area contributed by atoms with Crippen molar-refractivity contribution in [2.45, 2.75) is 31.8 Å². The third-order valence-electron chi connectivity index (χ3n) is 3.75. The topological polar surface area (TPSA) is 68.1 Å². The number of aromatic nitrogens is 3. The van der Waals surface area contributed by atoms with Gasteiger partial charge in [0.1, 0.15) is 5.82 Å². The first kappa shape index (κ1) is 15.7. The van der Waals surface area contributed by atoms with Gasteiger partial charge in [0.15, 0.2) is 5.16 Å². The summed E-state index contributed by atoms with van der Waals surface area (Å²) >= 11 is 1.31. The van der Waals surface area contributed by atoms with Crippen molar-refractivity contribution in [2.75, 3.05) is 12.3 Å². The summed E-state index contributed by atoms with van der Waals surface area (Å²) in [6, 6.07) is 8.04. The van der Waals surface area contributed by atoms with E-state index < -0.39 is 0 Å². The largest absolute Gasteiger partial charge is 0.282 e. The van der Waals surface area contributed by atoms with Gasteiger partial charge < -0.3 is 0 Å². The molecule has 0 unspecified atom stereocenters. The van der Waals surface area contributed by atoms with Gasteiger partial charge in [-0.2, -0.15) is 0 Å². The molecule has 0 radical (unpaired) electrons. The molecule has 2 amide bonds. The van der Waals surface area contributed by atoms with Gasteiger partial charge in [-0.15, -0.1) is 10.2 Å². The first-order valence-electron chi connectivity index (χ1n) is 7.51. The Labute approximate surface area is 138 Å². The van der Waals surface area contributed by atoms with Crippen molar-refractivity contribution < 1.29 is 9.59 Å². The van der Waals surface area contributed by atoms with Crippen molar-refractivity contribution in [3.05, 3.63) is 35.7 Å². The summed E-state index contributed by atoms with van der Waals surface area (Å²) in [5, 5.41) is 8.93. The van der Waals surface area contributed by atoms with Gasteiger partial charge in [-0.25, -0.2) is 0 Å². The molecule has 0 bridgehead atoms. The molecule has 1 aliphatic rings. The Kier molecular flexibility index (Phi) is 4.47. The van der Waals surface area contributed by atoms with Crippen molar-refractivity contribution in [2.24, 2.45) is 0 Å². The fourth-order valence-corrected chi connectivity index (χ4v) is 3.49. The molecular weight excluding hydrogens is 312 g/mol. The number of thioether (sulfide) groups is 1. The van der Waals surface area contributed by atoms with Crippen LogP contribution in [0.5, 0.6) is 0 Å². The maximum atomic E-state index is 12.2. The van der Waals surface area contributed by atoms with Gasteiger partial charge in [-0.3, -0.25) is 19.1 Å². The number of carbonyl (C=O) groups excluding carboxylic acids is 2. The lowest BCUT2D eigenvalue weighted by Crippen LogP contribution is -2.33. The molecule has 1 aromatic heterocycles. The summed E-state index contributed by atoms with van der Waals surface area (Å²) < 4.78 is 1.93. The van der Waals surface area contributed by atoms with Crippen molar-refractivity contribution in [1.29, 1.82) is 0 Å². The number of aryl methyl sites for hydroxylation is 2. The average Bonchev–Trinajstić information content (AvgIpc) is 3.11. The van der Waals surface area contributed by atoms with E-state index in [0.29, 0.717) is 18.1 Å². The minimum Gasteiger partial charge on any atom is -0.282 e. The van der Waals surface area contributed by atoms with Gasteiger partial charge in [0.25, 0.3) is 0 Å². The maximum absolute atomic E-state index is 12.2. The number of carbonyl (C=O) groups is 2. The lowest BCUT2D eigenvalue weighted by molar-refractivity contribution is -0.140. The van der Waals surface area contributed by atoms with E-state index in [1.807, 2.05) is 42.7 Å². The summed E-state index contributed by atoms with van der Waals surface area (Å²) in [5.41, 5.74) is 2.12. The molecule has 2 heterocycles. The third-order valence-corrected chi connectivity index (χ3v) is 4.67. The zero-order valence-corrected chi connectivity index (χ0v) is 14.0. The van der Waals surface area contributed by atoms with Crippen molar-refractivity contribution in [3.63, 3.8) is 0 Å². The van der Waals surface area contributed by atoms with Gasteiger partial charge in [0.2, 0.25) is 11.8 Å². The highest BCUT2D eigenvalue weighted by Crippen LogP contribution is 2.23. The molecule has 3 rings (SSSR count). The molecule has 0 aliphatic carbocycles. The van der Waals surface area contributed by atoms with Crippen LogP contribution in [0.2, 0.25) is 0 Å². The Morgan fingerprint density at radius 2 is 2.13 bits per heavy atom. The SMILES string of the molecule is Cc1cccc(-n2c(C)nnc2SCC(=O)N2CCCC2=O)c1. The molecular formula is C16H18N4O2S. The van der Waals surface area contributed by atoms with Crippen LogP contribution in [0.1, 0.15) is 24.2 Å². The second-order valence-corrected chi connectivity index (χ2v) is 6.48. The molecule has 1 aromatic carbocycles. The lowest BCUT2D eigenvalue weighted by Gasteiger charge is -2.13. The first-order valence-corrected chi connectivity index (χ1v) is 8.50. The van der Waals surface area contributed by atoms with Crippen LogP contribution in [-0.2, 0) is 9.59 Å². The second-order valence-electron chi connectivity index (χ2n) is 5.54. The van der Waals surface area contributed by atoms with Crippen molar-refractivity contribution in [3.8, 4) is 5.69 Å². The predicted octanol–water partition coefficient (Wildman–Crippen LogP) is 2.13. The van der Waals surface area contributed by atoms with Crippen LogP contribution in [0.3, 0.4) is 0 Å². The highest BCUT2D eigenvalue weighted by molar-refractivity contribution is 7.99. The molecule has 6 nitrogen and oxygen atoms in total. The van der Waals surface area contributed by atoms with E-state index in [2.05, 4.69) is 10.2 Å². The van der Waals surface area contributed by atoms with Gasteiger partial charge >= 0.3 is 0 Å². The molecule has 7 heteroatoms. The molecule has 0 N–H and O–H groups in total. The van der Waals surface area contributed by atoms with E-state index in [4.69, 9.17) is 0 Å². The van der Waals surface area contributed by atoms with Crippen molar-refractivity contribution in [1.82, 2.24) is 19.7 Å². The van der Waals surface area contributed by atoms with Crippen LogP contribution in [0, 0.1) is 13.8 Å². The summed E-state index contributed by atoms with van der Waals surface area (Å²) in [7, 11) is 0. The van der Waals surface area contributed by atoms with E-state index >= 15 is 0 Å². The molecule has 120 valence electrons. The zero-order chi connectivity index (χ0) is 16.4. The Balaban J connectivity index is 1.77. The lowest BCUT2D eigenvalue weighted by atomic mass is 10.2. The number of rotatable bonds is 4. The van der Waals surface area contributed by atoms with E-state index in [1.165, 1.54) is 16.7 Å². The van der Waals surface area contributed by atoms with Gasteiger partial charge in [-0.05, 0) is 38.0 Å². The maximum Gasteiger partial charge on any atom is 0.239 e. The highest BCUT2D eigenvalue weighted by Gasteiger charge is 2.26. The smallest absolute Gasteiger partial charge is 0.239 e. The minimum absolute atomic E-state index is 0.0769. The van der Waals surface area contributed by atoms with Crippen LogP contribution in [0.25, 0.3) is 5.69 Å². The van der Waals surface area contributed by atoms with E-state index in [1.54, 1.807) is 0 Å². The molecule has 0 spiro atoms. The van der Waals surface area contributed by atoms with E-state index in [0.717, 1.165) is 23.5 Å². The van der Waals surface area contributed by atoms with Crippen LogP contribution in [0.4, 0.5) is 0 Å². The zero-order valence-electron chi connectivity index (χ0n) is 13.2. The van der Waals surface area contributed by atoms with Gasteiger partial charge in [0, 0.05) is 18.7 Å². The molecule has 1 saturated heterocycles. The van der Waals surface area contributed by atoms with Crippen LogP contribution >= 0.6 is 11.8 Å². The predicted molar refractivity (Wildman–Crippen MR) is 87.5 cm³/mol. The molecule has 2 aromatic rings. The summed E-state index contributed by atoms with van der Waals surface area (Å²) in [4.78, 5) is 25.1. The standard InChI is InChI=1S/C16H18N4O2S/c1-11-5-3-6-13(9-11)20-12(2)17-18-16(20)23-10-15(22)19-8-4-7-14(19)21/h3,5-6,9H,4,7-8,10H2,1-2H3. The molecule has 1 fully saturated rings. The molecule has 1 aliphatic heterocycles. The third kappa shape index (κ3) is 3.29. The minimum atomic E-state index is -0.158. The number of hydrogen-bond acceptors (Lipinski definition) is 5. The number of amides is 2. The monoisotopic (exact) mass is 330 g/mol. The van der Waals surface area contributed by atoms with Gasteiger partial charge in [-0.1, -0.05) is 23.9 Å². The van der Waals surface area contributed by atoms with Crippen LogP contribution in [0.15, 0.2) is 29.4 Å². The number of likely N-dealkylation sites (tertiary alicyclic amines) is 1. The summed E-state index contributed by atoms with van der Waals surface area (Å²) in [6.07, 6.45) is 1.23. The average molecular weight is 330 g/mol. The molecule has 23 heavy (non-hydrogen) atoms. The molecule has 0 saturated carbocycles. The Morgan fingerprint density at radius 3 is 2.83 bits per heavy atom. The number of benzene rings is 1. The van der Waals surface area contributed by atoms with Crippen LogP contribution in [-0.4, -0.2) is 43.8 Å². The highest BCUT2D eigenvalue weighted by atomic mass is 32.2. The number of imide groups is 1. The van der Waals surface area contributed by atoms with Crippen LogP contribution < -0.4 is 0 Å². The van der Waals surface area contributed by atoms with E-state index in [-0.39, 0.29) is 17.6 Å². The number of hydrogen-bond donors (Lipinski definition) is 0. The second kappa shape index (κ2) is 6.54. The quantitative estimate of drug-likeness (QED) is 0.803. The Hall–Kier alpha value is -2.15. The first-order chi connectivity index (χ1) is 11.1. The summed E-state index contributed by atoms with van der Waals surface area (Å²) in [5.74, 6) is 0.721. The Morgan fingerprint density at radius 1 is 1.30 bits per heavy atom. The van der Waals surface area contributed by atoms with E-state index in [9.17, 15) is 9.59 Å². The van der Waals surface area contributed by atoms with Crippen molar-refractivity contribution >= 4 is 23.6 Å². The fraction of sp³-hybridized carbons (Fsp3) is 0.375. The summed E-state index contributed by atoms with van der Waals surface area (Å²) in [6.45, 7) is 4.44. The fourth-order valence-electron chi connectivity index (χ4n) is 2.62.